The van der Waals surface area contributed by atoms with E-state index in [1.807, 2.05) is 0 Å². The molecule has 1 heterocycles. The van der Waals surface area contributed by atoms with Crippen LogP contribution in [0.25, 0.3) is 0 Å². The molecule has 0 aliphatic heterocycles. The topological polar surface area (TPSA) is 83.0 Å². The molecule has 2 N–H and O–H groups in total. The van der Waals surface area contributed by atoms with Crippen LogP contribution in [0.1, 0.15) is 5.69 Å². The van der Waals surface area contributed by atoms with Crippen LogP contribution < -0.4 is 5.73 Å². The van der Waals surface area contributed by atoms with Crippen molar-refractivity contribution in [3.63, 3.8) is 0 Å². The summed E-state index contributed by atoms with van der Waals surface area (Å²) in [7, 11) is 1.32. The van der Waals surface area contributed by atoms with Gasteiger partial charge in [0, 0.05) is 6.54 Å². The summed E-state index contributed by atoms with van der Waals surface area (Å²) in [5.41, 5.74) is 5.95. The molecule has 0 saturated carbocycles. The Morgan fingerprint density at radius 3 is 3.08 bits per heavy atom. The molecule has 1 rings (SSSR count). The second-order valence-corrected chi connectivity index (χ2v) is 2.19. The molecule has 1 aromatic heterocycles. The monoisotopic (exact) mass is 170 g/mol. The maximum Gasteiger partial charge on any atom is 0.327 e. The maximum atomic E-state index is 10.7. The third-order valence-electron chi connectivity index (χ3n) is 1.31. The number of hydrogen-bond acceptors (Lipinski definition) is 5. The molecule has 0 fully saturated rings. The fourth-order valence-electron chi connectivity index (χ4n) is 0.706. The van der Waals surface area contributed by atoms with E-state index in [0.29, 0.717) is 12.2 Å². The van der Waals surface area contributed by atoms with E-state index in [1.54, 1.807) is 6.20 Å². The second kappa shape index (κ2) is 3.82. The minimum atomic E-state index is -0.358. The molecule has 1 aromatic rings. The fraction of sp³-hybridized carbons (Fsp3) is 0.500. The van der Waals surface area contributed by atoms with E-state index in [4.69, 9.17) is 5.73 Å². The largest absolute Gasteiger partial charge is 0.468 e. The van der Waals surface area contributed by atoms with Crippen LogP contribution in [0.15, 0.2) is 6.20 Å². The molecule has 66 valence electrons. The van der Waals surface area contributed by atoms with Gasteiger partial charge in [-0.1, -0.05) is 5.21 Å². The van der Waals surface area contributed by atoms with E-state index in [2.05, 4.69) is 15.0 Å². The SMILES string of the molecule is COC(=O)Cn1cc(CN)nn1. The maximum absolute atomic E-state index is 10.7. The molecule has 0 unspecified atom stereocenters. The van der Waals surface area contributed by atoms with Crippen LogP contribution in [0.3, 0.4) is 0 Å². The van der Waals surface area contributed by atoms with Crippen molar-refractivity contribution in [3.05, 3.63) is 11.9 Å². The van der Waals surface area contributed by atoms with Gasteiger partial charge in [-0.25, -0.2) is 4.68 Å². The van der Waals surface area contributed by atoms with Gasteiger partial charge < -0.3 is 10.5 Å². The number of carbonyl (C=O) groups is 1. The van der Waals surface area contributed by atoms with Crippen molar-refractivity contribution in [2.45, 2.75) is 13.1 Å². The first-order valence-corrected chi connectivity index (χ1v) is 3.42. The summed E-state index contributed by atoms with van der Waals surface area (Å²) in [6.07, 6.45) is 1.61. The molecule has 0 radical (unpaired) electrons. The van der Waals surface area contributed by atoms with Crippen LogP contribution in [-0.2, 0) is 22.6 Å². The lowest BCUT2D eigenvalue weighted by Gasteiger charge is -1.96. The number of nitrogens with two attached hydrogens (primary N) is 1. The predicted molar refractivity (Wildman–Crippen MR) is 39.9 cm³/mol. The van der Waals surface area contributed by atoms with E-state index >= 15 is 0 Å². The molecule has 6 nitrogen and oxygen atoms in total. The number of aromatic nitrogens is 3. The molecule has 0 bridgehead atoms. The number of carbonyl (C=O) groups excluding carboxylic acids is 1. The van der Waals surface area contributed by atoms with Gasteiger partial charge in [-0.15, -0.1) is 5.10 Å². The average molecular weight is 170 g/mol. The Kier molecular flexibility index (Phi) is 2.76. The summed E-state index contributed by atoms with van der Waals surface area (Å²) in [6.45, 7) is 0.394. The first-order valence-electron chi connectivity index (χ1n) is 3.42. The molecule has 0 aromatic carbocycles. The molecule has 0 spiro atoms. The summed E-state index contributed by atoms with van der Waals surface area (Å²) in [6, 6.07) is 0. The van der Waals surface area contributed by atoms with Crippen molar-refractivity contribution < 1.29 is 9.53 Å². The number of ether oxygens (including phenoxy) is 1. The number of nitrogens with zero attached hydrogens (tertiary/aromatic N) is 3. The molecule has 6 heteroatoms. The molecular formula is C6H10N4O2. The van der Waals surface area contributed by atoms with Gasteiger partial charge in [0.2, 0.25) is 0 Å². The van der Waals surface area contributed by atoms with Crippen molar-refractivity contribution >= 4 is 5.97 Å². The first-order chi connectivity index (χ1) is 5.76. The van der Waals surface area contributed by atoms with Gasteiger partial charge in [0.05, 0.1) is 19.0 Å². The lowest BCUT2D eigenvalue weighted by Crippen LogP contribution is -2.11. The van der Waals surface area contributed by atoms with Gasteiger partial charge in [0.25, 0.3) is 0 Å². The van der Waals surface area contributed by atoms with Crippen LogP contribution in [0.2, 0.25) is 0 Å². The number of methoxy groups -OCH3 is 1. The Morgan fingerprint density at radius 2 is 2.58 bits per heavy atom. The zero-order valence-corrected chi connectivity index (χ0v) is 6.73. The number of esters is 1. The average Bonchev–Trinajstić information content (AvgIpc) is 2.52. The number of hydrogen-bond donors (Lipinski definition) is 1. The fourth-order valence-corrected chi connectivity index (χ4v) is 0.706. The summed E-state index contributed by atoms with van der Waals surface area (Å²) in [5.74, 6) is -0.358. The summed E-state index contributed by atoms with van der Waals surface area (Å²) < 4.78 is 5.82. The van der Waals surface area contributed by atoms with E-state index in [9.17, 15) is 4.79 Å². The van der Waals surface area contributed by atoms with E-state index in [0.717, 1.165) is 0 Å². The smallest absolute Gasteiger partial charge is 0.327 e. The Bertz CT molecular complexity index is 270. The van der Waals surface area contributed by atoms with Crippen molar-refractivity contribution in [2.75, 3.05) is 7.11 Å². The Balaban J connectivity index is 2.58. The van der Waals surface area contributed by atoms with Crippen molar-refractivity contribution in [1.29, 1.82) is 0 Å². The van der Waals surface area contributed by atoms with Gasteiger partial charge in [-0.2, -0.15) is 0 Å². The second-order valence-electron chi connectivity index (χ2n) is 2.19. The highest BCUT2D eigenvalue weighted by atomic mass is 16.5. The molecule has 0 saturated heterocycles. The van der Waals surface area contributed by atoms with Gasteiger partial charge in [-0.05, 0) is 0 Å². The summed E-state index contributed by atoms with van der Waals surface area (Å²) >= 11 is 0. The normalized spacial score (nSPS) is 9.83. The third-order valence-corrected chi connectivity index (χ3v) is 1.31. The number of rotatable bonds is 3. The minimum absolute atomic E-state index is 0.0729. The summed E-state index contributed by atoms with van der Waals surface area (Å²) in [5, 5.41) is 7.36. The van der Waals surface area contributed by atoms with Crippen molar-refractivity contribution in [1.82, 2.24) is 15.0 Å². The van der Waals surface area contributed by atoms with Gasteiger partial charge in [0.1, 0.15) is 6.54 Å². The lowest BCUT2D eigenvalue weighted by molar-refractivity contribution is -0.141. The lowest BCUT2D eigenvalue weighted by atomic mass is 10.5. The molecule has 0 aliphatic rings. The standard InChI is InChI=1S/C6H10N4O2/c1-12-6(11)4-10-3-5(2-7)8-9-10/h3H,2,4,7H2,1H3. The highest BCUT2D eigenvalue weighted by Crippen LogP contribution is 1.91. The molecule has 0 aliphatic carbocycles. The van der Waals surface area contributed by atoms with E-state index in [-0.39, 0.29) is 12.5 Å². The van der Waals surface area contributed by atoms with Crippen LogP contribution >= 0.6 is 0 Å². The van der Waals surface area contributed by atoms with Gasteiger partial charge >= 0.3 is 5.97 Å². The quantitative estimate of drug-likeness (QED) is 0.583. The predicted octanol–water partition coefficient (Wildman–Crippen LogP) is -1.09. The zero-order chi connectivity index (χ0) is 8.97. The van der Waals surface area contributed by atoms with Gasteiger partial charge in [-0.3, -0.25) is 4.79 Å². The Morgan fingerprint density at radius 1 is 1.83 bits per heavy atom. The molecule has 12 heavy (non-hydrogen) atoms. The van der Waals surface area contributed by atoms with Crippen LogP contribution in [0.4, 0.5) is 0 Å². The molecular weight excluding hydrogens is 160 g/mol. The molecule has 0 atom stereocenters. The Hall–Kier alpha value is -1.43. The minimum Gasteiger partial charge on any atom is -0.468 e. The first kappa shape index (κ1) is 8.66. The zero-order valence-electron chi connectivity index (χ0n) is 6.73. The third kappa shape index (κ3) is 2.03. The molecule has 0 amide bonds. The summed E-state index contributed by atoms with van der Waals surface area (Å²) in [4.78, 5) is 10.7. The van der Waals surface area contributed by atoms with Crippen molar-refractivity contribution in [3.8, 4) is 0 Å². The van der Waals surface area contributed by atoms with E-state index in [1.165, 1.54) is 11.8 Å². The van der Waals surface area contributed by atoms with E-state index < -0.39 is 0 Å². The highest BCUT2D eigenvalue weighted by Gasteiger charge is 2.03. The van der Waals surface area contributed by atoms with Crippen LogP contribution in [0, 0.1) is 0 Å². The van der Waals surface area contributed by atoms with Crippen LogP contribution in [0.5, 0.6) is 0 Å². The van der Waals surface area contributed by atoms with Crippen molar-refractivity contribution in [2.24, 2.45) is 5.73 Å². The van der Waals surface area contributed by atoms with Crippen LogP contribution in [-0.4, -0.2) is 28.1 Å². The van der Waals surface area contributed by atoms with Gasteiger partial charge in [0.15, 0.2) is 0 Å². The Labute approximate surface area is 69.3 Å². The highest BCUT2D eigenvalue weighted by molar-refractivity contribution is 5.68.